The van der Waals surface area contributed by atoms with Crippen molar-refractivity contribution in [2.24, 2.45) is 0 Å². The Bertz CT molecular complexity index is 454. The number of hydrogen-bond acceptors (Lipinski definition) is 4. The number of pyridine rings is 1. The average molecular weight is 257 g/mol. The van der Waals surface area contributed by atoms with E-state index in [1.165, 1.54) is 10.5 Å². The van der Waals surface area contributed by atoms with Crippen molar-refractivity contribution in [2.75, 3.05) is 18.9 Å². The normalized spacial score (nSPS) is 12.1. The Balaban J connectivity index is 3.00. The smallest absolute Gasteiger partial charge is 0.244 e. The minimum absolute atomic E-state index is 0.0755. The van der Waals surface area contributed by atoms with E-state index >= 15 is 0 Å². The van der Waals surface area contributed by atoms with Crippen LogP contribution in [0, 0.1) is 0 Å². The molecule has 0 bridgehead atoms. The molecule has 6 heteroatoms. The minimum atomic E-state index is -3.43. The van der Waals surface area contributed by atoms with Gasteiger partial charge in [0, 0.05) is 25.8 Å². The molecule has 0 aliphatic heterocycles. The lowest BCUT2D eigenvalue weighted by Gasteiger charge is -2.20. The summed E-state index contributed by atoms with van der Waals surface area (Å²) in [5.74, 6) is 0.679. The number of nitrogens with one attached hydrogen (secondary N) is 1. The summed E-state index contributed by atoms with van der Waals surface area (Å²) in [5.41, 5.74) is 0. The van der Waals surface area contributed by atoms with Gasteiger partial charge in [-0.05, 0) is 32.9 Å². The molecule has 17 heavy (non-hydrogen) atoms. The van der Waals surface area contributed by atoms with Gasteiger partial charge in [-0.25, -0.2) is 13.4 Å². The molecule has 1 rings (SSSR count). The highest BCUT2D eigenvalue weighted by Gasteiger charge is 2.23. The van der Waals surface area contributed by atoms with E-state index in [0.29, 0.717) is 5.82 Å². The third kappa shape index (κ3) is 3.17. The molecule has 0 aliphatic rings. The Hall–Kier alpha value is -1.14. The van der Waals surface area contributed by atoms with Gasteiger partial charge >= 0.3 is 0 Å². The average Bonchev–Trinajstić information content (AvgIpc) is 2.29. The van der Waals surface area contributed by atoms with Gasteiger partial charge in [0.1, 0.15) is 10.7 Å². The van der Waals surface area contributed by atoms with E-state index in [-0.39, 0.29) is 10.9 Å². The topological polar surface area (TPSA) is 62.3 Å². The second kappa shape index (κ2) is 5.46. The highest BCUT2D eigenvalue weighted by atomic mass is 32.2. The maximum absolute atomic E-state index is 12.1. The van der Waals surface area contributed by atoms with Gasteiger partial charge in [-0.3, -0.25) is 0 Å². The van der Waals surface area contributed by atoms with Crippen molar-refractivity contribution in [1.29, 1.82) is 0 Å². The Morgan fingerprint density at radius 1 is 1.41 bits per heavy atom. The molecule has 0 spiro atoms. The first-order valence-corrected chi connectivity index (χ1v) is 7.01. The van der Waals surface area contributed by atoms with Gasteiger partial charge in [-0.2, -0.15) is 4.31 Å². The number of anilines is 1. The summed E-state index contributed by atoms with van der Waals surface area (Å²) < 4.78 is 25.5. The van der Waals surface area contributed by atoms with Crippen molar-refractivity contribution >= 4 is 15.8 Å². The van der Waals surface area contributed by atoms with Crippen LogP contribution in [0.3, 0.4) is 0 Å². The van der Waals surface area contributed by atoms with Gasteiger partial charge in [0.2, 0.25) is 10.0 Å². The molecule has 0 radical (unpaired) electrons. The van der Waals surface area contributed by atoms with Gasteiger partial charge in [0.15, 0.2) is 0 Å². The standard InChI is InChI=1S/C11H19N3O2S/c1-5-12-11-7-6-10(8-13-11)17(15,16)14(4)9(2)3/h6-9H,5H2,1-4H3,(H,12,13). The third-order valence-corrected chi connectivity index (χ3v) is 4.52. The minimum Gasteiger partial charge on any atom is -0.370 e. The first-order chi connectivity index (χ1) is 7.89. The zero-order valence-electron chi connectivity index (χ0n) is 10.6. The number of hydrogen-bond donors (Lipinski definition) is 1. The Labute approximate surface area is 103 Å². The number of rotatable bonds is 5. The summed E-state index contributed by atoms with van der Waals surface area (Å²) in [6, 6.07) is 3.16. The van der Waals surface area contributed by atoms with E-state index in [0.717, 1.165) is 6.54 Å². The molecular weight excluding hydrogens is 238 g/mol. The molecule has 0 atom stereocenters. The van der Waals surface area contributed by atoms with Crippen molar-refractivity contribution in [2.45, 2.75) is 31.7 Å². The molecule has 0 amide bonds. The van der Waals surface area contributed by atoms with Crippen LogP contribution in [0.25, 0.3) is 0 Å². The van der Waals surface area contributed by atoms with Gasteiger partial charge in [0.05, 0.1) is 0 Å². The molecule has 96 valence electrons. The van der Waals surface area contributed by atoms with Crippen LogP contribution in [0.4, 0.5) is 5.82 Å². The maximum Gasteiger partial charge on any atom is 0.244 e. The molecule has 0 aromatic carbocycles. The van der Waals surface area contributed by atoms with Crippen LogP contribution in [-0.4, -0.2) is 37.3 Å². The number of nitrogens with zero attached hydrogens (tertiary/aromatic N) is 2. The summed E-state index contributed by atoms with van der Waals surface area (Å²) in [6.45, 7) is 6.37. The lowest BCUT2D eigenvalue weighted by atomic mass is 10.4. The van der Waals surface area contributed by atoms with Crippen molar-refractivity contribution in [1.82, 2.24) is 9.29 Å². The Morgan fingerprint density at radius 2 is 2.06 bits per heavy atom. The van der Waals surface area contributed by atoms with E-state index in [4.69, 9.17) is 0 Å². The molecule has 1 heterocycles. The van der Waals surface area contributed by atoms with Gasteiger partial charge in [-0.1, -0.05) is 0 Å². The summed E-state index contributed by atoms with van der Waals surface area (Å²) in [5, 5.41) is 3.02. The van der Waals surface area contributed by atoms with Crippen LogP contribution in [0.1, 0.15) is 20.8 Å². The highest BCUT2D eigenvalue weighted by Crippen LogP contribution is 2.16. The molecule has 5 nitrogen and oxygen atoms in total. The first-order valence-electron chi connectivity index (χ1n) is 5.57. The Kier molecular flexibility index (Phi) is 4.47. The van der Waals surface area contributed by atoms with E-state index < -0.39 is 10.0 Å². The van der Waals surface area contributed by atoms with Crippen molar-refractivity contribution in [3.8, 4) is 0 Å². The van der Waals surface area contributed by atoms with Crippen LogP contribution >= 0.6 is 0 Å². The quantitative estimate of drug-likeness (QED) is 0.869. The zero-order chi connectivity index (χ0) is 13.1. The van der Waals surface area contributed by atoms with E-state index in [9.17, 15) is 8.42 Å². The van der Waals surface area contributed by atoms with Crippen LogP contribution in [0.2, 0.25) is 0 Å². The van der Waals surface area contributed by atoms with Crippen LogP contribution in [0.5, 0.6) is 0 Å². The summed E-state index contributed by atoms with van der Waals surface area (Å²) in [6.07, 6.45) is 1.38. The lowest BCUT2D eigenvalue weighted by Crippen LogP contribution is -2.33. The SMILES string of the molecule is CCNc1ccc(S(=O)(=O)N(C)C(C)C)cn1. The largest absolute Gasteiger partial charge is 0.370 e. The van der Waals surface area contributed by atoms with Crippen molar-refractivity contribution in [3.05, 3.63) is 18.3 Å². The second-order valence-electron chi connectivity index (χ2n) is 4.02. The predicted octanol–water partition coefficient (Wildman–Crippen LogP) is 1.54. The predicted molar refractivity (Wildman–Crippen MR) is 68.5 cm³/mol. The number of sulfonamides is 1. The van der Waals surface area contributed by atoms with Crippen molar-refractivity contribution in [3.63, 3.8) is 0 Å². The summed E-state index contributed by atoms with van der Waals surface area (Å²) in [4.78, 5) is 4.28. The monoisotopic (exact) mass is 257 g/mol. The van der Waals surface area contributed by atoms with E-state index in [1.807, 2.05) is 20.8 Å². The molecule has 0 fully saturated rings. The molecule has 1 aromatic heterocycles. The van der Waals surface area contributed by atoms with E-state index in [1.54, 1.807) is 19.2 Å². The molecule has 1 N–H and O–H groups in total. The zero-order valence-corrected chi connectivity index (χ0v) is 11.5. The number of aromatic nitrogens is 1. The molecule has 0 saturated heterocycles. The van der Waals surface area contributed by atoms with Gasteiger partial charge in [0.25, 0.3) is 0 Å². The Morgan fingerprint density at radius 3 is 2.47 bits per heavy atom. The van der Waals surface area contributed by atoms with Gasteiger partial charge < -0.3 is 5.32 Å². The summed E-state index contributed by atoms with van der Waals surface area (Å²) >= 11 is 0. The highest BCUT2D eigenvalue weighted by molar-refractivity contribution is 7.89. The molecular formula is C11H19N3O2S. The molecule has 0 saturated carbocycles. The maximum atomic E-state index is 12.1. The second-order valence-corrected chi connectivity index (χ2v) is 6.02. The van der Waals surface area contributed by atoms with Crippen LogP contribution in [-0.2, 0) is 10.0 Å². The lowest BCUT2D eigenvalue weighted by molar-refractivity contribution is 0.410. The summed E-state index contributed by atoms with van der Waals surface area (Å²) in [7, 11) is -1.86. The van der Waals surface area contributed by atoms with Crippen LogP contribution in [0.15, 0.2) is 23.2 Å². The van der Waals surface area contributed by atoms with Gasteiger partial charge in [-0.15, -0.1) is 0 Å². The fraction of sp³-hybridized carbons (Fsp3) is 0.545. The molecule has 0 aliphatic carbocycles. The first kappa shape index (κ1) is 13.9. The van der Waals surface area contributed by atoms with Crippen molar-refractivity contribution < 1.29 is 8.42 Å². The molecule has 0 unspecified atom stereocenters. The fourth-order valence-corrected chi connectivity index (χ4v) is 2.58. The fourth-order valence-electron chi connectivity index (χ4n) is 1.26. The molecule has 1 aromatic rings. The van der Waals surface area contributed by atoms with E-state index in [2.05, 4.69) is 10.3 Å². The van der Waals surface area contributed by atoms with Crippen LogP contribution < -0.4 is 5.32 Å². The third-order valence-electron chi connectivity index (χ3n) is 2.50.